The Bertz CT molecular complexity index is 1250. The van der Waals surface area contributed by atoms with Crippen LogP contribution in [0, 0.1) is 11.3 Å². The van der Waals surface area contributed by atoms with Gasteiger partial charge in [-0.1, -0.05) is 31.2 Å². The highest BCUT2D eigenvalue weighted by Gasteiger charge is 2.66. The number of benzene rings is 1. The third-order valence-corrected chi connectivity index (χ3v) is 11.0. The first-order chi connectivity index (χ1) is 17.5. The standard InChI is InChI=1S/C32H40N2O2/c1-30-12-10-26-19-25-6-7-27(34(2)16-17-35-3)20-31(25)13-14-32(26,36-31)29(30)9-8-28(30)23-5-4-22-11-15-33-21-24(22)18-23/h4-5,10-11,15,18-19,21,27-29H,6-9,12-14,16-17,20H2,1-3H3/t27-,28-,29-,30-,31?,32-/m1/s1. The maximum atomic E-state index is 7.49. The van der Waals surface area contributed by atoms with Crippen LogP contribution >= 0.6 is 0 Å². The Morgan fingerprint density at radius 2 is 2.06 bits per heavy atom. The molecular formula is C32H40N2O2. The third-order valence-electron chi connectivity index (χ3n) is 11.0. The van der Waals surface area contributed by atoms with E-state index in [0.29, 0.717) is 17.9 Å². The summed E-state index contributed by atoms with van der Waals surface area (Å²) in [7, 11) is 4.07. The van der Waals surface area contributed by atoms with Crippen LogP contribution in [0.1, 0.15) is 69.8 Å². The van der Waals surface area contributed by atoms with Crippen LogP contribution < -0.4 is 0 Å². The molecule has 0 radical (unpaired) electrons. The van der Waals surface area contributed by atoms with Crippen molar-refractivity contribution in [1.82, 2.24) is 9.88 Å². The largest absolute Gasteiger partial charge is 0.383 e. The topological polar surface area (TPSA) is 34.6 Å². The molecule has 2 aliphatic heterocycles. The quantitative estimate of drug-likeness (QED) is 0.490. The van der Waals surface area contributed by atoms with Crippen molar-refractivity contribution in [2.45, 2.75) is 81.5 Å². The summed E-state index contributed by atoms with van der Waals surface area (Å²) in [5.41, 5.74) is 4.69. The molecule has 1 saturated heterocycles. The molecule has 2 saturated carbocycles. The van der Waals surface area contributed by atoms with Crippen molar-refractivity contribution in [3.63, 3.8) is 0 Å². The number of ether oxygens (including phenoxy) is 2. The summed E-state index contributed by atoms with van der Waals surface area (Å²) in [4.78, 5) is 6.90. The van der Waals surface area contributed by atoms with Crippen molar-refractivity contribution in [3.05, 3.63) is 65.5 Å². The molecule has 4 nitrogen and oxygen atoms in total. The molecule has 190 valence electrons. The average Bonchev–Trinajstić information content (AvgIpc) is 3.41. The van der Waals surface area contributed by atoms with E-state index in [9.17, 15) is 0 Å². The summed E-state index contributed by atoms with van der Waals surface area (Å²) in [6, 6.07) is 9.79. The fourth-order valence-electron chi connectivity index (χ4n) is 9.04. The number of pyridine rings is 1. The lowest BCUT2D eigenvalue weighted by Gasteiger charge is -2.55. The van der Waals surface area contributed by atoms with E-state index in [-0.39, 0.29) is 16.6 Å². The van der Waals surface area contributed by atoms with Crippen LogP contribution in [0.15, 0.2) is 60.0 Å². The van der Waals surface area contributed by atoms with E-state index in [0.717, 1.165) is 26.0 Å². The molecule has 4 heteroatoms. The van der Waals surface area contributed by atoms with Gasteiger partial charge in [-0.2, -0.15) is 0 Å². The second-order valence-electron chi connectivity index (χ2n) is 12.6. The number of allylic oxidation sites excluding steroid dienone is 1. The minimum absolute atomic E-state index is 0.0491. The normalized spacial score (nSPS) is 38.9. The van der Waals surface area contributed by atoms with Crippen LogP contribution in [0.4, 0.5) is 0 Å². The van der Waals surface area contributed by atoms with Crippen LogP contribution in [0.3, 0.4) is 0 Å². The molecule has 6 atom stereocenters. The first-order valence-electron chi connectivity index (χ1n) is 14.1. The second kappa shape index (κ2) is 8.24. The lowest BCUT2D eigenvalue weighted by atomic mass is 9.58. The zero-order chi connectivity index (χ0) is 24.5. The van der Waals surface area contributed by atoms with Crippen molar-refractivity contribution in [3.8, 4) is 0 Å². The summed E-state index contributed by atoms with van der Waals surface area (Å²) in [5.74, 6) is 1.16. The molecule has 36 heavy (non-hydrogen) atoms. The van der Waals surface area contributed by atoms with E-state index in [1.165, 1.54) is 60.4 Å². The number of nitrogens with zero attached hydrogens (tertiary/aromatic N) is 2. The van der Waals surface area contributed by atoms with E-state index in [2.05, 4.69) is 60.3 Å². The number of fused-ring (bicyclic) bond motifs is 2. The predicted octanol–water partition coefficient (Wildman–Crippen LogP) is 6.42. The summed E-state index contributed by atoms with van der Waals surface area (Å²) in [6.45, 7) is 4.36. The van der Waals surface area contributed by atoms with Gasteiger partial charge in [0.25, 0.3) is 0 Å². The Morgan fingerprint density at radius 3 is 2.94 bits per heavy atom. The molecular weight excluding hydrogens is 444 g/mol. The average molecular weight is 485 g/mol. The molecule has 5 aliphatic rings. The zero-order valence-electron chi connectivity index (χ0n) is 22.1. The summed E-state index contributed by atoms with van der Waals surface area (Å²) in [5, 5.41) is 2.55. The molecule has 1 unspecified atom stereocenters. The third kappa shape index (κ3) is 3.20. The number of rotatable bonds is 5. The van der Waals surface area contributed by atoms with Crippen molar-refractivity contribution < 1.29 is 9.47 Å². The van der Waals surface area contributed by atoms with Gasteiger partial charge in [-0.25, -0.2) is 0 Å². The van der Waals surface area contributed by atoms with Crippen LogP contribution in [0.5, 0.6) is 0 Å². The zero-order valence-corrected chi connectivity index (χ0v) is 22.1. The molecule has 1 aromatic carbocycles. The molecule has 2 bridgehead atoms. The molecule has 0 N–H and O–H groups in total. The molecule has 2 spiro atoms. The van der Waals surface area contributed by atoms with Crippen molar-refractivity contribution in [1.29, 1.82) is 0 Å². The SMILES string of the molecule is COCCN(C)[C@@H]1CCC2=CC3=CC[C@]4(C)[C@@H](c5ccc6ccncc6c5)CC[C@H]4[C@@]34CCC2(C1)O4. The number of hydrogen-bond donors (Lipinski definition) is 0. The summed E-state index contributed by atoms with van der Waals surface area (Å²) in [6.07, 6.45) is 18.7. The van der Waals surface area contributed by atoms with Crippen LogP contribution in [0.2, 0.25) is 0 Å². The molecule has 7 rings (SSSR count). The van der Waals surface area contributed by atoms with E-state index < -0.39 is 0 Å². The molecule has 1 aromatic heterocycles. The Morgan fingerprint density at radius 1 is 1.14 bits per heavy atom. The summed E-state index contributed by atoms with van der Waals surface area (Å²) >= 11 is 0. The lowest BCUT2D eigenvalue weighted by Crippen LogP contribution is -2.55. The Labute approximate surface area is 215 Å². The van der Waals surface area contributed by atoms with Crippen LogP contribution in [0.25, 0.3) is 10.8 Å². The predicted molar refractivity (Wildman–Crippen MR) is 144 cm³/mol. The van der Waals surface area contributed by atoms with E-state index in [1.807, 2.05) is 12.4 Å². The van der Waals surface area contributed by atoms with Gasteiger partial charge in [0.1, 0.15) is 0 Å². The number of methoxy groups -OCH3 is 1. The van der Waals surface area contributed by atoms with Gasteiger partial charge in [-0.3, -0.25) is 4.98 Å². The monoisotopic (exact) mass is 484 g/mol. The van der Waals surface area contributed by atoms with Gasteiger partial charge in [0, 0.05) is 37.5 Å². The fourth-order valence-corrected chi connectivity index (χ4v) is 9.04. The lowest BCUT2D eigenvalue weighted by molar-refractivity contribution is -0.140. The number of aromatic nitrogens is 1. The molecule has 2 aromatic rings. The summed E-state index contributed by atoms with van der Waals surface area (Å²) < 4.78 is 12.9. The van der Waals surface area contributed by atoms with E-state index in [4.69, 9.17) is 9.47 Å². The van der Waals surface area contributed by atoms with Gasteiger partial charge in [0.2, 0.25) is 0 Å². The van der Waals surface area contributed by atoms with Gasteiger partial charge in [0.05, 0.1) is 17.8 Å². The molecule has 3 heterocycles. The molecule has 3 aliphatic carbocycles. The van der Waals surface area contributed by atoms with Crippen LogP contribution in [-0.2, 0) is 9.47 Å². The first kappa shape index (κ1) is 23.1. The fraction of sp³-hybridized carbons (Fsp3) is 0.594. The maximum absolute atomic E-state index is 7.49. The molecule has 3 fully saturated rings. The van der Waals surface area contributed by atoms with Crippen molar-refractivity contribution in [2.75, 3.05) is 27.3 Å². The second-order valence-corrected chi connectivity index (χ2v) is 12.6. The van der Waals surface area contributed by atoms with Crippen molar-refractivity contribution >= 4 is 10.8 Å². The molecule has 0 amide bonds. The highest BCUT2D eigenvalue weighted by atomic mass is 16.5. The van der Waals surface area contributed by atoms with Gasteiger partial charge in [-0.05, 0) is 110 Å². The maximum Gasteiger partial charge on any atom is 0.0974 e. The first-order valence-corrected chi connectivity index (χ1v) is 14.1. The van der Waals surface area contributed by atoms with Crippen LogP contribution in [-0.4, -0.2) is 54.4 Å². The highest BCUT2D eigenvalue weighted by Crippen LogP contribution is 2.69. The van der Waals surface area contributed by atoms with Gasteiger partial charge in [0.15, 0.2) is 0 Å². The highest BCUT2D eigenvalue weighted by molar-refractivity contribution is 5.82. The number of likely N-dealkylation sites (N-methyl/N-ethyl adjacent to an activating group) is 1. The van der Waals surface area contributed by atoms with Gasteiger partial charge < -0.3 is 14.4 Å². The van der Waals surface area contributed by atoms with Crippen molar-refractivity contribution in [2.24, 2.45) is 11.3 Å². The minimum Gasteiger partial charge on any atom is -0.383 e. The van der Waals surface area contributed by atoms with Gasteiger partial charge >= 0.3 is 0 Å². The minimum atomic E-state index is -0.0867. The smallest absolute Gasteiger partial charge is 0.0974 e. The Kier molecular flexibility index (Phi) is 5.30. The Balaban J connectivity index is 1.21. The van der Waals surface area contributed by atoms with E-state index in [1.54, 1.807) is 12.7 Å². The van der Waals surface area contributed by atoms with E-state index >= 15 is 0 Å². The number of hydrogen-bond acceptors (Lipinski definition) is 4. The van der Waals surface area contributed by atoms with Gasteiger partial charge in [-0.15, -0.1) is 0 Å². The Hall–Kier alpha value is -2.01.